The van der Waals surface area contributed by atoms with E-state index in [0.717, 1.165) is 0 Å². The van der Waals surface area contributed by atoms with E-state index < -0.39 is 0 Å². The normalized spacial score (nSPS) is 31.2. The summed E-state index contributed by atoms with van der Waals surface area (Å²) in [5.74, 6) is 0.425. The summed E-state index contributed by atoms with van der Waals surface area (Å²) in [7, 11) is 0. The van der Waals surface area contributed by atoms with Gasteiger partial charge in [0.05, 0.1) is 11.8 Å². The Labute approximate surface area is 88.1 Å². The predicted octanol–water partition coefficient (Wildman–Crippen LogP) is 0.556. The van der Waals surface area contributed by atoms with Crippen LogP contribution in [0, 0.1) is 0 Å². The third kappa shape index (κ3) is 1.46. The van der Waals surface area contributed by atoms with Gasteiger partial charge in [0.25, 0.3) is 0 Å². The molecule has 1 amide bonds. The standard InChI is InChI=1S/C7H8BrNO3S/c8-3-12-7(11)4-2-13-6-1-5(10)9(4)6/h4,6H,1-3H2/t4?,6-/m1/s1. The molecular formula is C7H8BrNO3S. The molecule has 0 aliphatic carbocycles. The molecule has 1 unspecified atom stereocenters. The maximum atomic E-state index is 11.3. The lowest BCUT2D eigenvalue weighted by Crippen LogP contribution is -2.54. The van der Waals surface area contributed by atoms with Crippen molar-refractivity contribution in [1.82, 2.24) is 4.90 Å². The van der Waals surface area contributed by atoms with Crippen molar-refractivity contribution >= 4 is 39.6 Å². The Morgan fingerprint density at radius 3 is 3.15 bits per heavy atom. The second-order valence-electron chi connectivity index (χ2n) is 2.88. The van der Waals surface area contributed by atoms with E-state index in [2.05, 4.69) is 15.9 Å². The summed E-state index contributed by atoms with van der Waals surface area (Å²) in [6, 6.07) is -0.353. The van der Waals surface area contributed by atoms with Crippen molar-refractivity contribution < 1.29 is 14.3 Å². The van der Waals surface area contributed by atoms with E-state index in [0.29, 0.717) is 12.2 Å². The molecule has 2 aliphatic rings. The van der Waals surface area contributed by atoms with Crippen LogP contribution in [-0.2, 0) is 14.3 Å². The number of hydrogen-bond donors (Lipinski definition) is 0. The third-order valence-corrected chi connectivity index (χ3v) is 3.71. The van der Waals surface area contributed by atoms with E-state index in [1.807, 2.05) is 0 Å². The first kappa shape index (κ1) is 9.33. The first-order valence-electron chi connectivity index (χ1n) is 3.89. The highest BCUT2D eigenvalue weighted by atomic mass is 79.9. The Balaban J connectivity index is 2.00. The topological polar surface area (TPSA) is 46.6 Å². The third-order valence-electron chi connectivity index (χ3n) is 2.20. The van der Waals surface area contributed by atoms with Crippen LogP contribution in [0.2, 0.25) is 0 Å². The summed E-state index contributed by atoms with van der Waals surface area (Å²) < 4.78 is 4.80. The van der Waals surface area contributed by atoms with Crippen molar-refractivity contribution in [2.75, 3.05) is 11.3 Å². The van der Waals surface area contributed by atoms with Crippen LogP contribution in [0.5, 0.6) is 0 Å². The number of nitrogens with zero attached hydrogens (tertiary/aromatic N) is 1. The number of carbonyl (C=O) groups is 2. The molecule has 0 radical (unpaired) electrons. The van der Waals surface area contributed by atoms with Crippen LogP contribution in [0.1, 0.15) is 6.42 Å². The number of carbonyl (C=O) groups excluding carboxylic acids is 2. The van der Waals surface area contributed by atoms with Gasteiger partial charge in [0, 0.05) is 5.75 Å². The van der Waals surface area contributed by atoms with Crippen molar-refractivity contribution in [2.45, 2.75) is 17.8 Å². The first-order chi connectivity index (χ1) is 6.24. The smallest absolute Gasteiger partial charge is 0.330 e. The molecule has 4 nitrogen and oxygen atoms in total. The molecule has 2 fully saturated rings. The minimum Gasteiger partial charge on any atom is -0.453 e. The molecule has 2 saturated heterocycles. The Hall–Kier alpha value is -0.230. The van der Waals surface area contributed by atoms with E-state index in [4.69, 9.17) is 4.74 Å². The molecule has 6 heteroatoms. The molecule has 13 heavy (non-hydrogen) atoms. The van der Waals surface area contributed by atoms with Crippen molar-refractivity contribution in [3.63, 3.8) is 0 Å². The van der Waals surface area contributed by atoms with Gasteiger partial charge in [0.2, 0.25) is 5.91 Å². The molecule has 0 N–H and O–H groups in total. The highest BCUT2D eigenvalue weighted by Crippen LogP contribution is 2.39. The summed E-state index contributed by atoms with van der Waals surface area (Å²) >= 11 is 4.66. The molecule has 0 aromatic carbocycles. The molecular weight excluding hydrogens is 258 g/mol. The molecule has 2 rings (SSSR count). The number of amides is 1. The van der Waals surface area contributed by atoms with Crippen molar-refractivity contribution in [3.05, 3.63) is 0 Å². The number of esters is 1. The largest absolute Gasteiger partial charge is 0.453 e. The highest BCUT2D eigenvalue weighted by Gasteiger charge is 2.49. The van der Waals surface area contributed by atoms with Gasteiger partial charge in [-0.25, -0.2) is 4.79 Å². The first-order valence-corrected chi connectivity index (χ1v) is 6.06. The van der Waals surface area contributed by atoms with Crippen LogP contribution in [0.25, 0.3) is 0 Å². The minimum absolute atomic E-state index is 0.0616. The maximum Gasteiger partial charge on any atom is 0.330 e. The van der Waals surface area contributed by atoms with Gasteiger partial charge in [0.15, 0.2) is 0 Å². The Morgan fingerprint density at radius 1 is 1.77 bits per heavy atom. The molecule has 2 atom stereocenters. The van der Waals surface area contributed by atoms with Gasteiger partial charge in [0.1, 0.15) is 11.6 Å². The van der Waals surface area contributed by atoms with Crippen molar-refractivity contribution in [2.24, 2.45) is 0 Å². The molecule has 0 spiro atoms. The van der Waals surface area contributed by atoms with Gasteiger partial charge >= 0.3 is 5.97 Å². The Morgan fingerprint density at radius 2 is 2.54 bits per heavy atom. The number of halogens is 1. The second-order valence-corrected chi connectivity index (χ2v) is 4.55. The summed E-state index contributed by atoms with van der Waals surface area (Å²) in [6.45, 7) is 0. The lowest BCUT2D eigenvalue weighted by molar-refractivity contribution is -0.157. The number of rotatable bonds is 2. The number of β-lactam (4-membered cyclic amide) rings is 1. The average Bonchev–Trinajstić information content (AvgIpc) is 2.42. The molecule has 2 heterocycles. The van der Waals surface area contributed by atoms with Gasteiger partial charge in [-0.1, -0.05) is 0 Å². The van der Waals surface area contributed by atoms with E-state index in [1.165, 1.54) is 0 Å². The van der Waals surface area contributed by atoms with E-state index in [9.17, 15) is 9.59 Å². The lowest BCUT2D eigenvalue weighted by Gasteiger charge is -2.36. The van der Waals surface area contributed by atoms with E-state index >= 15 is 0 Å². The zero-order valence-electron chi connectivity index (χ0n) is 6.73. The number of thioether (sulfide) groups is 1. The molecule has 2 aliphatic heterocycles. The van der Waals surface area contributed by atoms with Crippen LogP contribution in [0.15, 0.2) is 0 Å². The fourth-order valence-electron chi connectivity index (χ4n) is 1.53. The van der Waals surface area contributed by atoms with Gasteiger partial charge < -0.3 is 9.64 Å². The molecule has 0 aromatic rings. The fourth-order valence-corrected chi connectivity index (χ4v) is 3.14. The van der Waals surface area contributed by atoms with Crippen LogP contribution >= 0.6 is 27.7 Å². The summed E-state index contributed by atoms with van der Waals surface area (Å²) in [4.78, 5) is 24.1. The summed E-state index contributed by atoms with van der Waals surface area (Å²) in [5, 5.41) is 0.223. The monoisotopic (exact) mass is 265 g/mol. The molecule has 0 saturated carbocycles. The van der Waals surface area contributed by atoms with Gasteiger partial charge in [-0.2, -0.15) is 0 Å². The van der Waals surface area contributed by atoms with Crippen molar-refractivity contribution in [3.8, 4) is 0 Å². The molecule has 72 valence electrons. The number of ether oxygens (including phenoxy) is 1. The number of alkyl halides is 1. The number of hydrogen-bond acceptors (Lipinski definition) is 4. The minimum atomic E-state index is -0.353. The van der Waals surface area contributed by atoms with Gasteiger partial charge in [-0.15, -0.1) is 11.8 Å². The summed E-state index contributed by atoms with van der Waals surface area (Å²) in [5.41, 5.74) is 0.194. The number of fused-ring (bicyclic) bond motifs is 1. The van der Waals surface area contributed by atoms with Crippen LogP contribution in [0.4, 0.5) is 0 Å². The van der Waals surface area contributed by atoms with Crippen LogP contribution in [0.3, 0.4) is 0 Å². The van der Waals surface area contributed by atoms with Crippen LogP contribution < -0.4 is 0 Å². The highest BCUT2D eigenvalue weighted by molar-refractivity contribution is 9.09. The SMILES string of the molecule is O=C(OCBr)C1CS[C@@H]2CC(=O)N12. The molecule has 0 aromatic heterocycles. The Kier molecular flexibility index (Phi) is 2.51. The average molecular weight is 266 g/mol. The van der Waals surface area contributed by atoms with E-state index in [-0.39, 0.29) is 28.8 Å². The zero-order chi connectivity index (χ0) is 9.42. The van der Waals surface area contributed by atoms with Gasteiger partial charge in [-0.3, -0.25) is 4.79 Å². The van der Waals surface area contributed by atoms with Gasteiger partial charge in [-0.05, 0) is 15.9 Å². The maximum absolute atomic E-state index is 11.3. The van der Waals surface area contributed by atoms with E-state index in [1.54, 1.807) is 16.7 Å². The quantitative estimate of drug-likeness (QED) is 0.416. The van der Waals surface area contributed by atoms with Crippen LogP contribution in [-0.4, -0.2) is 39.5 Å². The zero-order valence-corrected chi connectivity index (χ0v) is 9.14. The summed E-state index contributed by atoms with van der Waals surface area (Å²) in [6.07, 6.45) is 0.572. The van der Waals surface area contributed by atoms with Crippen molar-refractivity contribution in [1.29, 1.82) is 0 Å². The Bertz CT molecular complexity index is 260. The fraction of sp³-hybridized carbons (Fsp3) is 0.714. The predicted molar refractivity (Wildman–Crippen MR) is 51.4 cm³/mol. The molecule has 0 bridgehead atoms. The lowest BCUT2D eigenvalue weighted by atomic mass is 10.1. The second kappa shape index (κ2) is 3.49.